The number of hydrogen-bond acceptors (Lipinski definition) is 4. The minimum atomic E-state index is 0.00399. The molecular weight excluding hydrogens is 334 g/mol. The molecule has 2 N–H and O–H groups in total. The topological polar surface area (TPSA) is 74.8 Å². The van der Waals surface area contributed by atoms with Gasteiger partial charge in [-0.2, -0.15) is 0 Å². The largest absolute Gasteiger partial charge is 0.326 e. The molecule has 5 nitrogen and oxygen atoms in total. The van der Waals surface area contributed by atoms with E-state index < -0.39 is 0 Å². The molecule has 0 aliphatic heterocycles. The molecule has 2 aromatic rings. The lowest BCUT2D eigenvalue weighted by atomic mass is 9.97. The van der Waals surface area contributed by atoms with Crippen molar-refractivity contribution in [1.29, 1.82) is 0 Å². The van der Waals surface area contributed by atoms with Gasteiger partial charge in [0.05, 0.1) is 5.69 Å². The zero-order chi connectivity index (χ0) is 17.6. The van der Waals surface area contributed by atoms with Gasteiger partial charge in [0.2, 0.25) is 5.91 Å². The van der Waals surface area contributed by atoms with E-state index >= 15 is 0 Å². The Morgan fingerprint density at radius 1 is 1.24 bits per heavy atom. The Bertz CT molecular complexity index is 799. The van der Waals surface area contributed by atoms with Crippen molar-refractivity contribution in [3.63, 3.8) is 0 Å². The van der Waals surface area contributed by atoms with E-state index in [9.17, 15) is 9.59 Å². The Labute approximate surface area is 151 Å². The summed E-state index contributed by atoms with van der Waals surface area (Å²) in [4.78, 5) is 31.5. The third-order valence-corrected chi connectivity index (χ3v) is 5.25. The highest BCUT2D eigenvalue weighted by atomic mass is 32.2. The summed E-state index contributed by atoms with van der Waals surface area (Å²) >= 11 is 1.51. The van der Waals surface area contributed by atoms with Crippen molar-refractivity contribution in [3.05, 3.63) is 51.4 Å². The number of hydrogen-bond donors (Lipinski definition) is 2. The standard InChI is InChI=1S/C19H23N3O2S/c1-13-8-10-14(11-9-13)20-17(23)7-4-12-25-19-21-16-6-3-2-5-15(16)18(24)22-19/h8-11H,2-7,12H2,1H3,(H,20,23)(H,21,22,24). The second-order valence-electron chi connectivity index (χ2n) is 6.37. The smallest absolute Gasteiger partial charge is 0.254 e. The van der Waals surface area contributed by atoms with Crippen LogP contribution in [0.25, 0.3) is 0 Å². The van der Waals surface area contributed by atoms with Gasteiger partial charge in [0.25, 0.3) is 5.56 Å². The van der Waals surface area contributed by atoms with Gasteiger partial charge in [-0.15, -0.1) is 0 Å². The number of thioether (sulfide) groups is 1. The normalized spacial score (nSPS) is 13.3. The first-order valence-electron chi connectivity index (χ1n) is 8.73. The van der Waals surface area contributed by atoms with Crippen LogP contribution < -0.4 is 10.9 Å². The second-order valence-corrected chi connectivity index (χ2v) is 7.45. The van der Waals surface area contributed by atoms with Crippen LogP contribution in [-0.4, -0.2) is 21.6 Å². The number of aromatic amines is 1. The number of anilines is 1. The highest BCUT2D eigenvalue weighted by Gasteiger charge is 2.15. The lowest BCUT2D eigenvalue weighted by Gasteiger charge is -2.14. The number of rotatable bonds is 6. The highest BCUT2D eigenvalue weighted by Crippen LogP contribution is 2.20. The van der Waals surface area contributed by atoms with Gasteiger partial charge in [0.1, 0.15) is 0 Å². The minimum Gasteiger partial charge on any atom is -0.326 e. The summed E-state index contributed by atoms with van der Waals surface area (Å²) in [7, 11) is 0. The molecule has 0 bridgehead atoms. The predicted molar refractivity (Wildman–Crippen MR) is 101 cm³/mol. The fraction of sp³-hybridized carbons (Fsp3) is 0.421. The van der Waals surface area contributed by atoms with Crippen molar-refractivity contribution in [2.75, 3.05) is 11.1 Å². The Morgan fingerprint density at radius 3 is 2.80 bits per heavy atom. The molecule has 1 aliphatic carbocycles. The molecule has 1 aromatic heterocycles. The van der Waals surface area contributed by atoms with Gasteiger partial charge in [-0.25, -0.2) is 4.98 Å². The van der Waals surface area contributed by atoms with E-state index in [0.29, 0.717) is 11.6 Å². The number of carbonyl (C=O) groups is 1. The fourth-order valence-electron chi connectivity index (χ4n) is 2.91. The van der Waals surface area contributed by atoms with E-state index in [1.807, 2.05) is 31.2 Å². The maximum absolute atomic E-state index is 12.1. The molecule has 0 radical (unpaired) electrons. The third-order valence-electron chi connectivity index (χ3n) is 4.29. The zero-order valence-electron chi connectivity index (χ0n) is 14.4. The minimum absolute atomic E-state index is 0.00399. The molecule has 1 heterocycles. The lowest BCUT2D eigenvalue weighted by molar-refractivity contribution is -0.116. The van der Waals surface area contributed by atoms with Crippen molar-refractivity contribution in [3.8, 4) is 0 Å². The van der Waals surface area contributed by atoms with Crippen LogP contribution in [0.2, 0.25) is 0 Å². The lowest BCUT2D eigenvalue weighted by Crippen LogP contribution is -2.21. The molecule has 3 rings (SSSR count). The molecule has 25 heavy (non-hydrogen) atoms. The molecule has 0 unspecified atom stereocenters. The number of nitrogens with zero attached hydrogens (tertiary/aromatic N) is 1. The zero-order valence-corrected chi connectivity index (χ0v) is 15.2. The van der Waals surface area contributed by atoms with Crippen LogP contribution in [0.15, 0.2) is 34.2 Å². The van der Waals surface area contributed by atoms with E-state index in [1.165, 1.54) is 17.3 Å². The Balaban J connectivity index is 1.45. The van der Waals surface area contributed by atoms with Crippen LogP contribution in [0, 0.1) is 6.92 Å². The van der Waals surface area contributed by atoms with Gasteiger partial charge in [-0.3, -0.25) is 9.59 Å². The molecule has 0 saturated carbocycles. The highest BCUT2D eigenvalue weighted by molar-refractivity contribution is 7.99. The second kappa shape index (κ2) is 8.34. The molecular formula is C19H23N3O2S. The van der Waals surface area contributed by atoms with Crippen molar-refractivity contribution < 1.29 is 4.79 Å². The third kappa shape index (κ3) is 4.95. The number of fused-ring (bicyclic) bond motifs is 1. The summed E-state index contributed by atoms with van der Waals surface area (Å²) in [5.41, 5.74) is 3.80. The van der Waals surface area contributed by atoms with Gasteiger partial charge < -0.3 is 10.3 Å². The van der Waals surface area contributed by atoms with E-state index in [2.05, 4.69) is 15.3 Å². The van der Waals surface area contributed by atoms with E-state index in [4.69, 9.17) is 0 Å². The number of nitrogens with one attached hydrogen (secondary N) is 2. The van der Waals surface area contributed by atoms with Crippen LogP contribution in [0.4, 0.5) is 5.69 Å². The molecule has 1 aliphatic rings. The van der Waals surface area contributed by atoms with E-state index in [1.54, 1.807) is 0 Å². The molecule has 0 fully saturated rings. The summed E-state index contributed by atoms with van der Waals surface area (Å²) < 4.78 is 0. The number of amides is 1. The quantitative estimate of drug-likeness (QED) is 0.472. The van der Waals surface area contributed by atoms with Gasteiger partial charge in [0, 0.05) is 23.4 Å². The van der Waals surface area contributed by atoms with Gasteiger partial charge >= 0.3 is 0 Å². The average Bonchev–Trinajstić information content (AvgIpc) is 2.61. The van der Waals surface area contributed by atoms with Crippen LogP contribution in [-0.2, 0) is 17.6 Å². The Morgan fingerprint density at radius 2 is 2.00 bits per heavy atom. The van der Waals surface area contributed by atoms with Crippen molar-refractivity contribution >= 4 is 23.4 Å². The van der Waals surface area contributed by atoms with Crippen LogP contribution in [0.5, 0.6) is 0 Å². The van der Waals surface area contributed by atoms with Gasteiger partial charge in [-0.05, 0) is 51.2 Å². The summed E-state index contributed by atoms with van der Waals surface area (Å²) in [5, 5.41) is 3.57. The van der Waals surface area contributed by atoms with Crippen LogP contribution in [0.3, 0.4) is 0 Å². The number of benzene rings is 1. The van der Waals surface area contributed by atoms with E-state index in [-0.39, 0.29) is 11.5 Å². The molecule has 0 spiro atoms. The molecule has 1 aromatic carbocycles. The monoisotopic (exact) mass is 357 g/mol. The number of carbonyl (C=O) groups excluding carboxylic acids is 1. The van der Waals surface area contributed by atoms with Crippen LogP contribution in [0.1, 0.15) is 42.5 Å². The maximum Gasteiger partial charge on any atom is 0.254 e. The first-order chi connectivity index (χ1) is 12.1. The molecule has 132 valence electrons. The molecule has 1 amide bonds. The van der Waals surface area contributed by atoms with Crippen molar-refractivity contribution in [2.45, 2.75) is 50.6 Å². The predicted octanol–water partition coefficient (Wildman–Crippen LogP) is 3.47. The first-order valence-corrected chi connectivity index (χ1v) is 9.72. The fourth-order valence-corrected chi connectivity index (χ4v) is 3.73. The molecule has 6 heteroatoms. The number of H-pyrrole nitrogens is 1. The summed E-state index contributed by atoms with van der Waals surface area (Å²) in [6.07, 6.45) is 5.10. The number of aryl methyl sites for hydroxylation is 2. The summed E-state index contributed by atoms with van der Waals surface area (Å²) in [5.74, 6) is 0.764. The van der Waals surface area contributed by atoms with Crippen molar-refractivity contribution in [2.24, 2.45) is 0 Å². The van der Waals surface area contributed by atoms with Crippen LogP contribution >= 0.6 is 11.8 Å². The molecule has 0 atom stereocenters. The SMILES string of the molecule is Cc1ccc(NC(=O)CCCSc2nc3c(c(=O)[nH]2)CCCC3)cc1. The van der Waals surface area contributed by atoms with Gasteiger partial charge in [-0.1, -0.05) is 29.5 Å². The van der Waals surface area contributed by atoms with E-state index in [0.717, 1.165) is 54.8 Å². The summed E-state index contributed by atoms with van der Waals surface area (Å²) in [6.45, 7) is 2.02. The summed E-state index contributed by atoms with van der Waals surface area (Å²) in [6, 6.07) is 7.76. The maximum atomic E-state index is 12.1. The number of aromatic nitrogens is 2. The molecule has 0 saturated heterocycles. The van der Waals surface area contributed by atoms with Gasteiger partial charge in [0.15, 0.2) is 5.16 Å². The Hall–Kier alpha value is -2.08. The first kappa shape index (κ1) is 17.7. The van der Waals surface area contributed by atoms with Crippen molar-refractivity contribution in [1.82, 2.24) is 9.97 Å². The Kier molecular flexibility index (Phi) is 5.91. The average molecular weight is 357 g/mol.